The molecule has 1 fully saturated rings. The first-order valence-corrected chi connectivity index (χ1v) is 7.71. The highest BCUT2D eigenvalue weighted by Gasteiger charge is 2.35. The molecule has 1 saturated carbocycles. The molecule has 1 N–H and O–H groups in total. The van der Waals surface area contributed by atoms with E-state index in [9.17, 15) is 0 Å². The van der Waals surface area contributed by atoms with E-state index in [1.807, 2.05) is 7.05 Å². The normalized spacial score (nSPS) is 20.5. The molecule has 0 radical (unpaired) electrons. The molecule has 1 aromatic rings. The molecule has 3 nitrogen and oxygen atoms in total. The van der Waals surface area contributed by atoms with Crippen molar-refractivity contribution in [3.63, 3.8) is 0 Å². The minimum absolute atomic E-state index is 0.388. The molecule has 108 valence electrons. The molecule has 1 aliphatic carbocycles. The molecule has 1 unspecified atom stereocenters. The first kappa shape index (κ1) is 14.9. The van der Waals surface area contributed by atoms with E-state index in [1.54, 1.807) is 4.68 Å². The van der Waals surface area contributed by atoms with Crippen LogP contribution in [0.4, 0.5) is 0 Å². The van der Waals surface area contributed by atoms with Gasteiger partial charge in [0.25, 0.3) is 0 Å². The fourth-order valence-electron chi connectivity index (χ4n) is 3.51. The van der Waals surface area contributed by atoms with Gasteiger partial charge in [0.1, 0.15) is 5.15 Å². The molecule has 0 spiro atoms. The van der Waals surface area contributed by atoms with Gasteiger partial charge in [0, 0.05) is 18.7 Å². The highest BCUT2D eigenvalue weighted by Crippen LogP contribution is 2.40. The van der Waals surface area contributed by atoms with Crippen LogP contribution in [0.15, 0.2) is 0 Å². The Bertz CT molecular complexity index is 433. The third kappa shape index (κ3) is 2.97. The maximum atomic E-state index is 6.37. The van der Waals surface area contributed by atoms with Crippen LogP contribution in [0.1, 0.15) is 50.3 Å². The number of halogens is 1. The molecule has 1 heterocycles. The average molecular weight is 284 g/mol. The van der Waals surface area contributed by atoms with Gasteiger partial charge < -0.3 is 5.32 Å². The predicted molar refractivity (Wildman–Crippen MR) is 80.7 cm³/mol. The van der Waals surface area contributed by atoms with Crippen molar-refractivity contribution >= 4 is 11.6 Å². The number of nitrogens with one attached hydrogen (secondary N) is 1. The molecule has 0 aliphatic heterocycles. The molecule has 1 aromatic heterocycles. The summed E-state index contributed by atoms with van der Waals surface area (Å²) in [6.45, 7) is 4.48. The van der Waals surface area contributed by atoms with Gasteiger partial charge in [0.15, 0.2) is 0 Å². The number of hydrogen-bond donors (Lipinski definition) is 1. The highest BCUT2D eigenvalue weighted by molar-refractivity contribution is 6.30. The zero-order valence-corrected chi connectivity index (χ0v) is 13.3. The summed E-state index contributed by atoms with van der Waals surface area (Å²) >= 11 is 6.37. The first-order valence-electron chi connectivity index (χ1n) is 7.33. The van der Waals surface area contributed by atoms with Crippen molar-refractivity contribution in [1.82, 2.24) is 15.1 Å². The van der Waals surface area contributed by atoms with Crippen molar-refractivity contribution in [2.75, 3.05) is 7.05 Å². The molecule has 19 heavy (non-hydrogen) atoms. The van der Waals surface area contributed by atoms with Crippen LogP contribution in [-0.2, 0) is 13.5 Å². The van der Waals surface area contributed by atoms with Crippen LogP contribution in [0, 0.1) is 12.3 Å². The Labute approximate surface area is 121 Å². The second kappa shape index (κ2) is 5.84. The molecule has 2 rings (SSSR count). The Kier molecular flexibility index (Phi) is 4.57. The lowest BCUT2D eigenvalue weighted by Crippen LogP contribution is -2.44. The Morgan fingerprint density at radius 1 is 1.37 bits per heavy atom. The summed E-state index contributed by atoms with van der Waals surface area (Å²) in [6.07, 6.45) is 7.71. The topological polar surface area (TPSA) is 29.9 Å². The van der Waals surface area contributed by atoms with E-state index in [0.717, 1.165) is 17.3 Å². The molecular weight excluding hydrogens is 258 g/mol. The van der Waals surface area contributed by atoms with E-state index < -0.39 is 0 Å². The standard InChI is InChI=1S/C15H26ClN3/c1-11-12(14(16)19(4)18-11)10-13(17-3)15(2)8-6-5-7-9-15/h13,17H,5-10H2,1-4H3. The van der Waals surface area contributed by atoms with Crippen molar-refractivity contribution in [2.45, 2.75) is 58.4 Å². The fourth-order valence-corrected chi connectivity index (χ4v) is 3.77. The number of hydrogen-bond acceptors (Lipinski definition) is 2. The quantitative estimate of drug-likeness (QED) is 0.917. The molecule has 0 bridgehead atoms. The Morgan fingerprint density at radius 2 is 2.00 bits per heavy atom. The number of aryl methyl sites for hydroxylation is 2. The van der Waals surface area contributed by atoms with Crippen LogP contribution < -0.4 is 5.32 Å². The van der Waals surface area contributed by atoms with Gasteiger partial charge >= 0.3 is 0 Å². The lowest BCUT2D eigenvalue weighted by atomic mass is 9.69. The molecule has 1 aliphatic rings. The third-order valence-corrected chi connectivity index (χ3v) is 5.34. The van der Waals surface area contributed by atoms with Gasteiger partial charge in [0.2, 0.25) is 0 Å². The van der Waals surface area contributed by atoms with Gasteiger partial charge in [-0.25, -0.2) is 0 Å². The van der Waals surface area contributed by atoms with E-state index in [0.29, 0.717) is 11.5 Å². The monoisotopic (exact) mass is 283 g/mol. The van der Waals surface area contributed by atoms with E-state index in [-0.39, 0.29) is 0 Å². The average Bonchev–Trinajstić information content (AvgIpc) is 2.62. The molecule has 4 heteroatoms. The van der Waals surface area contributed by atoms with Gasteiger partial charge in [-0.1, -0.05) is 37.8 Å². The SMILES string of the molecule is CNC(Cc1c(C)nn(C)c1Cl)C1(C)CCCCC1. The molecule has 1 atom stereocenters. The summed E-state index contributed by atoms with van der Waals surface area (Å²) in [4.78, 5) is 0. The Hall–Kier alpha value is -0.540. The van der Waals surface area contributed by atoms with Crippen molar-refractivity contribution in [1.29, 1.82) is 0 Å². The third-order valence-electron chi connectivity index (χ3n) is 4.86. The van der Waals surface area contributed by atoms with E-state index >= 15 is 0 Å². The van der Waals surface area contributed by atoms with Gasteiger partial charge in [-0.2, -0.15) is 5.10 Å². The Balaban J connectivity index is 2.18. The van der Waals surface area contributed by atoms with Crippen LogP contribution in [0.2, 0.25) is 5.15 Å². The smallest absolute Gasteiger partial charge is 0.130 e. The second-order valence-electron chi connectivity index (χ2n) is 6.24. The Morgan fingerprint density at radius 3 is 2.47 bits per heavy atom. The minimum Gasteiger partial charge on any atom is -0.316 e. The van der Waals surface area contributed by atoms with Crippen LogP contribution in [-0.4, -0.2) is 22.9 Å². The van der Waals surface area contributed by atoms with Crippen molar-refractivity contribution in [3.8, 4) is 0 Å². The molecular formula is C15H26ClN3. The lowest BCUT2D eigenvalue weighted by Gasteiger charge is -2.41. The largest absolute Gasteiger partial charge is 0.316 e. The van der Waals surface area contributed by atoms with Gasteiger partial charge in [-0.3, -0.25) is 4.68 Å². The van der Waals surface area contributed by atoms with Crippen LogP contribution >= 0.6 is 11.6 Å². The van der Waals surface area contributed by atoms with Crippen molar-refractivity contribution < 1.29 is 0 Å². The summed E-state index contributed by atoms with van der Waals surface area (Å²) < 4.78 is 1.78. The van der Waals surface area contributed by atoms with Crippen molar-refractivity contribution in [3.05, 3.63) is 16.4 Å². The van der Waals surface area contributed by atoms with Crippen molar-refractivity contribution in [2.24, 2.45) is 12.5 Å². The summed E-state index contributed by atoms with van der Waals surface area (Å²) in [5.74, 6) is 0. The molecule has 0 saturated heterocycles. The zero-order chi connectivity index (χ0) is 14.0. The summed E-state index contributed by atoms with van der Waals surface area (Å²) in [6, 6.07) is 0.480. The number of rotatable bonds is 4. The van der Waals surface area contributed by atoms with Crippen LogP contribution in [0.3, 0.4) is 0 Å². The van der Waals surface area contributed by atoms with E-state index in [2.05, 4.69) is 31.3 Å². The number of likely N-dealkylation sites (N-methyl/N-ethyl adjacent to an activating group) is 1. The van der Waals surface area contributed by atoms with Crippen LogP contribution in [0.5, 0.6) is 0 Å². The maximum absolute atomic E-state index is 6.37. The summed E-state index contributed by atoms with van der Waals surface area (Å²) in [7, 11) is 3.99. The van der Waals surface area contributed by atoms with Gasteiger partial charge in [-0.15, -0.1) is 0 Å². The van der Waals surface area contributed by atoms with Gasteiger partial charge in [0.05, 0.1) is 5.69 Å². The number of aromatic nitrogens is 2. The predicted octanol–water partition coefficient (Wildman–Crippen LogP) is 3.48. The van der Waals surface area contributed by atoms with E-state index in [1.165, 1.54) is 37.7 Å². The molecule has 0 aromatic carbocycles. The fraction of sp³-hybridized carbons (Fsp3) is 0.800. The van der Waals surface area contributed by atoms with Crippen LogP contribution in [0.25, 0.3) is 0 Å². The van der Waals surface area contributed by atoms with Gasteiger partial charge in [-0.05, 0) is 38.6 Å². The van der Waals surface area contributed by atoms with E-state index in [4.69, 9.17) is 11.6 Å². The maximum Gasteiger partial charge on any atom is 0.130 e. The second-order valence-corrected chi connectivity index (χ2v) is 6.60. The summed E-state index contributed by atoms with van der Waals surface area (Å²) in [5.41, 5.74) is 2.65. The zero-order valence-electron chi connectivity index (χ0n) is 12.6. The summed E-state index contributed by atoms with van der Waals surface area (Å²) in [5, 5.41) is 8.74. The first-order chi connectivity index (χ1) is 8.98. The minimum atomic E-state index is 0.388. The highest BCUT2D eigenvalue weighted by atomic mass is 35.5. The number of nitrogens with zero attached hydrogens (tertiary/aromatic N) is 2. The molecule has 0 amide bonds. The lowest BCUT2D eigenvalue weighted by molar-refractivity contribution is 0.149.